The highest BCUT2D eigenvalue weighted by Gasteiger charge is 2.53. The van der Waals surface area contributed by atoms with Crippen molar-refractivity contribution in [3.8, 4) is 5.69 Å². The van der Waals surface area contributed by atoms with Gasteiger partial charge in [-0.25, -0.2) is 4.98 Å². The third-order valence-corrected chi connectivity index (χ3v) is 6.12. The van der Waals surface area contributed by atoms with Crippen molar-refractivity contribution in [1.29, 1.82) is 0 Å². The van der Waals surface area contributed by atoms with E-state index in [9.17, 15) is 0 Å². The maximum Gasteiger partial charge on any atom is 0.0991 e. The van der Waals surface area contributed by atoms with E-state index in [1.807, 2.05) is 35.0 Å². The summed E-state index contributed by atoms with van der Waals surface area (Å²) >= 11 is 0. The first-order chi connectivity index (χ1) is 13.2. The Morgan fingerprint density at radius 2 is 2.00 bits per heavy atom. The van der Waals surface area contributed by atoms with Crippen LogP contribution in [0.15, 0.2) is 55.4 Å². The van der Waals surface area contributed by atoms with Gasteiger partial charge in [0.05, 0.1) is 12.5 Å². The van der Waals surface area contributed by atoms with Crippen LogP contribution in [-0.2, 0) is 18.3 Å². The fourth-order valence-corrected chi connectivity index (χ4v) is 4.78. The van der Waals surface area contributed by atoms with Crippen molar-refractivity contribution in [1.82, 2.24) is 24.2 Å². The minimum absolute atomic E-state index is 0.345. The monoisotopic (exact) mass is 363 g/mol. The molecule has 1 aromatic carbocycles. The van der Waals surface area contributed by atoms with Crippen LogP contribution in [0, 0.1) is 5.41 Å². The van der Waals surface area contributed by atoms with Crippen LogP contribution in [0.3, 0.4) is 0 Å². The van der Waals surface area contributed by atoms with Gasteiger partial charge < -0.3 is 9.30 Å². The molecule has 1 unspecified atom stereocenters. The average Bonchev–Trinajstić information content (AvgIpc) is 3.35. The Bertz CT molecular complexity index is 893. The molecule has 1 atom stereocenters. The summed E-state index contributed by atoms with van der Waals surface area (Å²) in [6.07, 6.45) is 12.1. The Morgan fingerprint density at radius 3 is 2.67 bits per heavy atom. The van der Waals surface area contributed by atoms with E-state index < -0.39 is 0 Å². The molecular formula is C21H25N5O. The molecule has 140 valence electrons. The second-order valence-electron chi connectivity index (χ2n) is 7.87. The zero-order valence-electron chi connectivity index (χ0n) is 15.7. The Kier molecular flexibility index (Phi) is 4.10. The predicted octanol–water partition coefficient (Wildman–Crippen LogP) is 2.96. The number of aryl methyl sites for hydroxylation is 1. The third kappa shape index (κ3) is 2.99. The van der Waals surface area contributed by atoms with Crippen LogP contribution in [0.25, 0.3) is 5.69 Å². The van der Waals surface area contributed by atoms with Crippen LogP contribution in [0.5, 0.6) is 0 Å². The summed E-state index contributed by atoms with van der Waals surface area (Å²) < 4.78 is 9.59. The summed E-state index contributed by atoms with van der Waals surface area (Å²) in [4.78, 5) is 6.71. The zero-order chi connectivity index (χ0) is 18.3. The molecule has 27 heavy (non-hydrogen) atoms. The van der Waals surface area contributed by atoms with Gasteiger partial charge in [-0.05, 0) is 30.5 Å². The number of nitrogens with zero attached hydrogens (tertiary/aromatic N) is 5. The number of rotatable bonds is 4. The first kappa shape index (κ1) is 16.7. The molecule has 6 nitrogen and oxygen atoms in total. The van der Waals surface area contributed by atoms with Gasteiger partial charge in [0.1, 0.15) is 0 Å². The van der Waals surface area contributed by atoms with Crippen LogP contribution >= 0.6 is 0 Å². The molecule has 2 fully saturated rings. The van der Waals surface area contributed by atoms with Crippen molar-refractivity contribution in [3.63, 3.8) is 0 Å². The van der Waals surface area contributed by atoms with E-state index in [4.69, 9.17) is 4.74 Å². The predicted molar refractivity (Wildman–Crippen MR) is 102 cm³/mol. The summed E-state index contributed by atoms with van der Waals surface area (Å²) in [7, 11) is 2.00. The Morgan fingerprint density at radius 1 is 1.19 bits per heavy atom. The van der Waals surface area contributed by atoms with Crippen LogP contribution in [0.2, 0.25) is 0 Å². The van der Waals surface area contributed by atoms with Crippen LogP contribution in [0.1, 0.15) is 30.0 Å². The number of hydrogen-bond acceptors (Lipinski definition) is 4. The van der Waals surface area contributed by atoms with Crippen LogP contribution in [-0.4, -0.2) is 44.0 Å². The molecule has 0 aliphatic carbocycles. The average molecular weight is 363 g/mol. The van der Waals surface area contributed by atoms with E-state index in [0.29, 0.717) is 11.5 Å². The molecule has 0 N–H and O–H groups in total. The fraction of sp³-hybridized carbons (Fsp3) is 0.429. The van der Waals surface area contributed by atoms with Gasteiger partial charge in [0.15, 0.2) is 0 Å². The molecule has 2 aliphatic rings. The molecule has 0 radical (unpaired) electrons. The maximum atomic E-state index is 5.65. The van der Waals surface area contributed by atoms with Gasteiger partial charge in [-0.1, -0.05) is 12.1 Å². The lowest BCUT2D eigenvalue weighted by atomic mass is 9.64. The summed E-state index contributed by atoms with van der Waals surface area (Å²) in [5, 5.41) is 4.43. The highest BCUT2D eigenvalue weighted by Crippen LogP contribution is 2.55. The van der Waals surface area contributed by atoms with Gasteiger partial charge in [-0.3, -0.25) is 9.58 Å². The fourth-order valence-electron chi connectivity index (χ4n) is 4.78. The van der Waals surface area contributed by atoms with E-state index in [1.165, 1.54) is 11.1 Å². The van der Waals surface area contributed by atoms with Crippen molar-refractivity contribution in [2.75, 3.05) is 19.8 Å². The van der Waals surface area contributed by atoms with Gasteiger partial charge in [0.25, 0.3) is 0 Å². The summed E-state index contributed by atoms with van der Waals surface area (Å²) in [6.45, 7) is 3.86. The molecule has 2 aromatic heterocycles. The van der Waals surface area contributed by atoms with E-state index in [1.54, 1.807) is 6.20 Å². The topological polar surface area (TPSA) is 48.1 Å². The number of likely N-dealkylation sites (tertiary alicyclic amines) is 1. The summed E-state index contributed by atoms with van der Waals surface area (Å²) in [6, 6.07) is 9.22. The molecule has 2 saturated heterocycles. The lowest BCUT2D eigenvalue weighted by molar-refractivity contribution is -0.139. The number of imidazole rings is 1. The number of ether oxygens (including phenoxy) is 1. The maximum absolute atomic E-state index is 5.65. The van der Waals surface area contributed by atoms with Crippen LogP contribution in [0.4, 0.5) is 0 Å². The smallest absolute Gasteiger partial charge is 0.0991 e. The quantitative estimate of drug-likeness (QED) is 0.715. The van der Waals surface area contributed by atoms with Gasteiger partial charge in [0.2, 0.25) is 0 Å². The van der Waals surface area contributed by atoms with Crippen molar-refractivity contribution < 1.29 is 4.74 Å². The molecule has 6 heteroatoms. The molecule has 1 spiro atoms. The molecule has 5 rings (SSSR count). The second kappa shape index (κ2) is 6.62. The molecule has 0 amide bonds. The largest absolute Gasteiger partial charge is 0.381 e. The van der Waals surface area contributed by atoms with E-state index in [2.05, 4.69) is 45.4 Å². The number of hydrogen-bond donors (Lipinski definition) is 0. The van der Waals surface area contributed by atoms with Crippen molar-refractivity contribution in [2.24, 2.45) is 12.5 Å². The van der Waals surface area contributed by atoms with Crippen molar-refractivity contribution in [2.45, 2.75) is 25.4 Å². The third-order valence-electron chi connectivity index (χ3n) is 6.12. The van der Waals surface area contributed by atoms with Gasteiger partial charge in [-0.2, -0.15) is 5.10 Å². The Labute approximate surface area is 159 Å². The first-order valence-corrected chi connectivity index (χ1v) is 9.61. The van der Waals surface area contributed by atoms with Gasteiger partial charge >= 0.3 is 0 Å². The van der Waals surface area contributed by atoms with E-state index >= 15 is 0 Å². The zero-order valence-corrected chi connectivity index (χ0v) is 15.7. The Balaban J connectivity index is 1.36. The van der Waals surface area contributed by atoms with Crippen molar-refractivity contribution >= 4 is 0 Å². The highest BCUT2D eigenvalue weighted by atomic mass is 16.5. The van der Waals surface area contributed by atoms with Crippen molar-refractivity contribution in [3.05, 3.63) is 66.5 Å². The lowest BCUT2D eigenvalue weighted by Crippen LogP contribution is -2.59. The second-order valence-corrected chi connectivity index (χ2v) is 7.87. The molecular weight excluding hydrogens is 338 g/mol. The molecule has 0 bridgehead atoms. The lowest BCUT2D eigenvalue weighted by Gasteiger charge is -2.59. The summed E-state index contributed by atoms with van der Waals surface area (Å²) in [5.41, 5.74) is 4.16. The van der Waals surface area contributed by atoms with Crippen LogP contribution < -0.4 is 0 Å². The van der Waals surface area contributed by atoms with Gasteiger partial charge in [0, 0.05) is 74.6 Å². The molecule has 2 aliphatic heterocycles. The summed E-state index contributed by atoms with van der Waals surface area (Å²) in [5.74, 6) is 0. The van der Waals surface area contributed by atoms with E-state index in [0.717, 1.165) is 44.8 Å². The Hall–Kier alpha value is -2.44. The first-order valence-electron chi connectivity index (χ1n) is 9.61. The normalized spacial score (nSPS) is 22.0. The highest BCUT2D eigenvalue weighted by molar-refractivity contribution is 5.35. The number of aromatic nitrogens is 4. The van der Waals surface area contributed by atoms with E-state index in [-0.39, 0.29) is 0 Å². The SMILES string of the molecule is Cn1cc(C2N(Cc3ccc(-n4ccnc4)cc3)CC23CCOCC3)cn1. The van der Waals surface area contributed by atoms with Gasteiger partial charge in [-0.15, -0.1) is 0 Å². The minimum Gasteiger partial charge on any atom is -0.381 e. The molecule has 0 saturated carbocycles. The minimum atomic E-state index is 0.345. The standard InChI is InChI=1S/C21H25N5O/c1-24-14-18(12-23-24)20-21(6-10-27-11-7-21)15-26(20)13-17-2-4-19(5-3-17)25-9-8-22-16-25/h2-5,8-9,12,14,16,20H,6-7,10-11,13,15H2,1H3. The number of benzene rings is 1. The molecule has 4 heterocycles. The molecule has 3 aromatic rings.